The van der Waals surface area contributed by atoms with Crippen LogP contribution >= 0.6 is 11.9 Å². The lowest BCUT2D eigenvalue weighted by atomic mass is 9.87. The summed E-state index contributed by atoms with van der Waals surface area (Å²) in [6, 6.07) is 9.00. The predicted molar refractivity (Wildman–Crippen MR) is 76.4 cm³/mol. The van der Waals surface area contributed by atoms with E-state index in [1.807, 2.05) is 11.9 Å². The Morgan fingerprint density at radius 3 is 2.41 bits per heavy atom. The monoisotopic (exact) mass is 249 g/mol. The summed E-state index contributed by atoms with van der Waals surface area (Å²) in [4.78, 5) is 1.39. The van der Waals surface area contributed by atoms with Gasteiger partial charge >= 0.3 is 0 Å². The Hall–Kier alpha value is -0.470. The lowest BCUT2D eigenvalue weighted by molar-refractivity contribution is 0.380. The summed E-state index contributed by atoms with van der Waals surface area (Å²) in [5.41, 5.74) is 1.68. The third-order valence-electron chi connectivity index (χ3n) is 3.25. The summed E-state index contributed by atoms with van der Waals surface area (Å²) in [6.45, 7) is 9.31. The van der Waals surface area contributed by atoms with Crippen LogP contribution in [0.2, 0.25) is 0 Å². The molecule has 2 heteroatoms. The molecule has 1 fully saturated rings. The summed E-state index contributed by atoms with van der Waals surface area (Å²) >= 11 is 1.93. The average Bonchev–Trinajstić information content (AvgIpc) is 2.29. The van der Waals surface area contributed by atoms with Crippen molar-refractivity contribution in [2.45, 2.75) is 50.3 Å². The molecule has 2 rings (SSSR count). The van der Waals surface area contributed by atoms with Crippen LogP contribution < -0.4 is 0 Å². The van der Waals surface area contributed by atoms with E-state index >= 15 is 0 Å². The smallest absolute Gasteiger partial charge is 0.0233 e. The second-order valence-corrected chi connectivity index (χ2v) is 7.03. The highest BCUT2D eigenvalue weighted by molar-refractivity contribution is 7.97. The highest BCUT2D eigenvalue weighted by Gasteiger charge is 2.15. The molecule has 94 valence electrons. The van der Waals surface area contributed by atoms with Crippen LogP contribution in [0.4, 0.5) is 0 Å². The van der Waals surface area contributed by atoms with Crippen LogP contribution in [-0.4, -0.2) is 17.4 Å². The van der Waals surface area contributed by atoms with Gasteiger partial charge in [-0.25, -0.2) is 4.31 Å². The summed E-state index contributed by atoms with van der Waals surface area (Å²) in [5, 5.41) is 0. The van der Waals surface area contributed by atoms with Gasteiger partial charge in [0.25, 0.3) is 0 Å². The molecule has 0 N–H and O–H groups in total. The molecule has 1 aliphatic rings. The minimum Gasteiger partial charge on any atom is -0.246 e. The Labute approximate surface area is 110 Å². The topological polar surface area (TPSA) is 3.24 Å². The molecule has 1 heterocycles. The van der Waals surface area contributed by atoms with Gasteiger partial charge in [-0.2, -0.15) is 0 Å². The van der Waals surface area contributed by atoms with E-state index < -0.39 is 0 Å². The fraction of sp³-hybridized carbons (Fsp3) is 0.600. The summed E-state index contributed by atoms with van der Waals surface area (Å²) < 4.78 is 2.51. The minimum atomic E-state index is 0.248. The van der Waals surface area contributed by atoms with Crippen molar-refractivity contribution in [1.29, 1.82) is 0 Å². The maximum absolute atomic E-state index is 2.51. The number of hydrogen-bond donors (Lipinski definition) is 0. The van der Waals surface area contributed by atoms with Crippen molar-refractivity contribution < 1.29 is 0 Å². The fourth-order valence-corrected chi connectivity index (χ4v) is 3.18. The first-order valence-electron chi connectivity index (χ1n) is 6.59. The molecule has 1 aromatic rings. The Morgan fingerprint density at radius 2 is 1.76 bits per heavy atom. The van der Waals surface area contributed by atoms with E-state index in [0.717, 1.165) is 0 Å². The highest BCUT2D eigenvalue weighted by Crippen LogP contribution is 2.30. The molecule has 0 spiro atoms. The SMILES string of the molecule is CC(C)(C)c1cccc(SN2CCCCC2)c1. The molecule has 0 bridgehead atoms. The molecule has 1 aromatic carbocycles. The second kappa shape index (κ2) is 5.45. The Kier molecular flexibility index (Phi) is 4.16. The van der Waals surface area contributed by atoms with Crippen molar-refractivity contribution in [3.8, 4) is 0 Å². The van der Waals surface area contributed by atoms with E-state index in [1.165, 1.54) is 42.8 Å². The molecule has 0 aromatic heterocycles. The molecule has 0 aliphatic carbocycles. The second-order valence-electron chi connectivity index (χ2n) is 5.86. The zero-order valence-electron chi connectivity index (χ0n) is 11.2. The summed E-state index contributed by atoms with van der Waals surface area (Å²) in [7, 11) is 0. The normalized spacial score (nSPS) is 18.3. The first kappa shape index (κ1) is 13.0. The van der Waals surface area contributed by atoms with Crippen LogP contribution in [0.3, 0.4) is 0 Å². The van der Waals surface area contributed by atoms with Crippen molar-refractivity contribution in [1.82, 2.24) is 4.31 Å². The number of benzene rings is 1. The fourth-order valence-electron chi connectivity index (χ4n) is 2.12. The lowest BCUT2D eigenvalue weighted by Crippen LogP contribution is -2.22. The van der Waals surface area contributed by atoms with E-state index in [4.69, 9.17) is 0 Å². The maximum atomic E-state index is 2.51. The van der Waals surface area contributed by atoms with Crippen molar-refractivity contribution in [3.63, 3.8) is 0 Å². The van der Waals surface area contributed by atoms with E-state index in [2.05, 4.69) is 49.3 Å². The number of hydrogen-bond acceptors (Lipinski definition) is 2. The largest absolute Gasteiger partial charge is 0.246 e. The first-order valence-corrected chi connectivity index (χ1v) is 7.36. The van der Waals surface area contributed by atoms with Crippen molar-refractivity contribution in [2.24, 2.45) is 0 Å². The van der Waals surface area contributed by atoms with Gasteiger partial charge in [0, 0.05) is 18.0 Å². The van der Waals surface area contributed by atoms with Crippen molar-refractivity contribution in [3.05, 3.63) is 29.8 Å². The molecule has 1 aliphatic heterocycles. The van der Waals surface area contributed by atoms with Crippen LogP contribution in [0, 0.1) is 0 Å². The number of rotatable bonds is 2. The third-order valence-corrected chi connectivity index (χ3v) is 4.34. The molecule has 0 atom stereocenters. The van der Waals surface area contributed by atoms with Crippen LogP contribution in [0.15, 0.2) is 29.2 Å². The zero-order chi connectivity index (χ0) is 12.3. The Morgan fingerprint density at radius 1 is 1.06 bits per heavy atom. The summed E-state index contributed by atoms with van der Waals surface area (Å²) in [6.07, 6.45) is 4.11. The molecule has 1 nitrogen and oxygen atoms in total. The molecule has 0 radical (unpaired) electrons. The molecular weight excluding hydrogens is 226 g/mol. The predicted octanol–water partition coefficient (Wildman–Crippen LogP) is 4.48. The van der Waals surface area contributed by atoms with Gasteiger partial charge in [0.15, 0.2) is 0 Å². The maximum Gasteiger partial charge on any atom is 0.0233 e. The van der Waals surface area contributed by atoms with Gasteiger partial charge in [-0.1, -0.05) is 39.3 Å². The zero-order valence-corrected chi connectivity index (χ0v) is 12.0. The molecule has 0 amide bonds. The van der Waals surface area contributed by atoms with E-state index in [-0.39, 0.29) is 5.41 Å². The van der Waals surface area contributed by atoms with Gasteiger partial charge in [-0.3, -0.25) is 0 Å². The minimum absolute atomic E-state index is 0.248. The van der Waals surface area contributed by atoms with Crippen LogP contribution in [-0.2, 0) is 5.41 Å². The van der Waals surface area contributed by atoms with Gasteiger partial charge in [0.2, 0.25) is 0 Å². The number of nitrogens with zero attached hydrogens (tertiary/aromatic N) is 1. The van der Waals surface area contributed by atoms with Gasteiger partial charge in [-0.05, 0) is 47.9 Å². The molecule has 0 saturated carbocycles. The molecule has 17 heavy (non-hydrogen) atoms. The lowest BCUT2D eigenvalue weighted by Gasteiger charge is -2.26. The van der Waals surface area contributed by atoms with Gasteiger partial charge in [0.1, 0.15) is 0 Å². The van der Waals surface area contributed by atoms with E-state index in [1.54, 1.807) is 0 Å². The van der Waals surface area contributed by atoms with Crippen molar-refractivity contribution >= 4 is 11.9 Å². The Balaban J connectivity index is 2.05. The number of piperidine rings is 1. The Bertz CT molecular complexity index is 361. The van der Waals surface area contributed by atoms with Crippen molar-refractivity contribution in [2.75, 3.05) is 13.1 Å². The average molecular weight is 249 g/mol. The van der Waals surface area contributed by atoms with Gasteiger partial charge < -0.3 is 0 Å². The van der Waals surface area contributed by atoms with E-state index in [0.29, 0.717) is 0 Å². The molecule has 0 unspecified atom stereocenters. The van der Waals surface area contributed by atoms with Crippen LogP contribution in [0.5, 0.6) is 0 Å². The van der Waals surface area contributed by atoms with Gasteiger partial charge in [0.05, 0.1) is 0 Å². The van der Waals surface area contributed by atoms with Gasteiger partial charge in [-0.15, -0.1) is 0 Å². The quantitative estimate of drug-likeness (QED) is 0.711. The first-order chi connectivity index (χ1) is 8.05. The van der Waals surface area contributed by atoms with E-state index in [9.17, 15) is 0 Å². The third kappa shape index (κ3) is 3.75. The van der Waals surface area contributed by atoms with Crippen LogP contribution in [0.25, 0.3) is 0 Å². The molecule has 1 saturated heterocycles. The highest BCUT2D eigenvalue weighted by atomic mass is 32.2. The van der Waals surface area contributed by atoms with Crippen LogP contribution in [0.1, 0.15) is 45.6 Å². The standard InChI is InChI=1S/C15H23NS/c1-15(2,3)13-8-7-9-14(12-13)17-16-10-5-4-6-11-16/h7-9,12H,4-6,10-11H2,1-3H3. The summed E-state index contributed by atoms with van der Waals surface area (Å²) in [5.74, 6) is 0. The molecular formula is C15H23NS.